The molecule has 2 N–H and O–H groups in total. The van der Waals surface area contributed by atoms with Crippen molar-refractivity contribution < 1.29 is 13.2 Å². The highest BCUT2D eigenvalue weighted by atomic mass is 32.2. The van der Waals surface area contributed by atoms with Crippen LogP contribution in [0, 0.1) is 0 Å². The predicted molar refractivity (Wildman–Crippen MR) is 121 cm³/mol. The topological polar surface area (TPSA) is 95.2 Å². The number of hydrogen-bond acceptors (Lipinski definition) is 4. The van der Waals surface area contributed by atoms with E-state index in [1.54, 1.807) is 36.7 Å². The number of imidazole rings is 1. The first kappa shape index (κ1) is 20.9. The summed E-state index contributed by atoms with van der Waals surface area (Å²) in [6, 6.07) is 15.7. The van der Waals surface area contributed by atoms with Crippen LogP contribution in [0.15, 0.2) is 72.4 Å². The molecule has 3 aromatic rings. The van der Waals surface area contributed by atoms with Crippen LogP contribution in [0.3, 0.4) is 0 Å². The third kappa shape index (κ3) is 5.40. The molecule has 0 spiro atoms. The molecule has 160 valence electrons. The SMILES string of the molecule is O=C(c1ccc(NS(=O)(=O)/C=C/c2ccccc2)cc1)N1CCCC(c2ncc[nH]2)C1. The zero-order chi connectivity index (χ0) is 21.7. The average Bonchev–Trinajstić information content (AvgIpc) is 3.34. The number of nitrogens with zero attached hydrogens (tertiary/aromatic N) is 2. The van der Waals surface area contributed by atoms with E-state index < -0.39 is 10.0 Å². The first-order valence-electron chi connectivity index (χ1n) is 10.1. The minimum Gasteiger partial charge on any atom is -0.348 e. The maximum atomic E-state index is 12.9. The largest absolute Gasteiger partial charge is 0.348 e. The first-order chi connectivity index (χ1) is 15.0. The lowest BCUT2D eigenvalue weighted by Crippen LogP contribution is -2.39. The quantitative estimate of drug-likeness (QED) is 0.614. The van der Waals surface area contributed by atoms with Gasteiger partial charge in [-0.1, -0.05) is 30.3 Å². The number of carbonyl (C=O) groups is 1. The van der Waals surface area contributed by atoms with Crippen molar-refractivity contribution in [3.63, 3.8) is 0 Å². The number of carbonyl (C=O) groups excluding carboxylic acids is 1. The Morgan fingerprint density at radius 2 is 1.90 bits per heavy atom. The number of sulfonamides is 1. The average molecular weight is 437 g/mol. The molecule has 1 aromatic heterocycles. The van der Waals surface area contributed by atoms with Gasteiger partial charge >= 0.3 is 0 Å². The zero-order valence-corrected chi connectivity index (χ0v) is 17.8. The second-order valence-corrected chi connectivity index (χ2v) is 9.07. The van der Waals surface area contributed by atoms with E-state index in [2.05, 4.69) is 14.7 Å². The predicted octanol–water partition coefficient (Wildman–Crippen LogP) is 3.84. The Bertz CT molecular complexity index is 1140. The number of rotatable bonds is 6. The van der Waals surface area contributed by atoms with E-state index in [4.69, 9.17) is 0 Å². The Morgan fingerprint density at radius 1 is 1.13 bits per heavy atom. The van der Waals surface area contributed by atoms with Crippen molar-refractivity contribution in [2.24, 2.45) is 0 Å². The summed E-state index contributed by atoms with van der Waals surface area (Å²) >= 11 is 0. The minimum atomic E-state index is -3.66. The number of piperidine rings is 1. The van der Waals surface area contributed by atoms with Crippen LogP contribution in [0.25, 0.3) is 6.08 Å². The van der Waals surface area contributed by atoms with Crippen molar-refractivity contribution >= 4 is 27.7 Å². The van der Waals surface area contributed by atoms with Gasteiger partial charge in [0.15, 0.2) is 0 Å². The van der Waals surface area contributed by atoms with Gasteiger partial charge in [-0.25, -0.2) is 13.4 Å². The molecule has 1 amide bonds. The number of anilines is 1. The minimum absolute atomic E-state index is 0.0605. The van der Waals surface area contributed by atoms with Crippen molar-refractivity contribution in [2.75, 3.05) is 17.8 Å². The van der Waals surface area contributed by atoms with Gasteiger partial charge in [-0.3, -0.25) is 9.52 Å². The molecule has 1 aliphatic rings. The molecule has 8 heteroatoms. The molecule has 1 fully saturated rings. The van der Waals surface area contributed by atoms with E-state index in [0.717, 1.165) is 29.6 Å². The molecular weight excluding hydrogens is 412 g/mol. The molecular formula is C23H24N4O3S. The molecule has 0 radical (unpaired) electrons. The fraction of sp³-hybridized carbons (Fsp3) is 0.217. The molecule has 1 unspecified atom stereocenters. The number of nitrogens with one attached hydrogen (secondary N) is 2. The summed E-state index contributed by atoms with van der Waals surface area (Å²) < 4.78 is 27.1. The van der Waals surface area contributed by atoms with Crippen molar-refractivity contribution in [3.05, 3.63) is 89.4 Å². The van der Waals surface area contributed by atoms with E-state index in [1.807, 2.05) is 35.2 Å². The highest BCUT2D eigenvalue weighted by molar-refractivity contribution is 7.95. The second-order valence-electron chi connectivity index (χ2n) is 7.50. The lowest BCUT2D eigenvalue weighted by molar-refractivity contribution is 0.0705. The van der Waals surface area contributed by atoms with E-state index in [0.29, 0.717) is 24.3 Å². The molecule has 31 heavy (non-hydrogen) atoms. The molecule has 0 aliphatic carbocycles. The van der Waals surface area contributed by atoms with Crippen LogP contribution in [0.1, 0.15) is 40.5 Å². The van der Waals surface area contributed by atoms with Crippen LogP contribution in [0.2, 0.25) is 0 Å². The summed E-state index contributed by atoms with van der Waals surface area (Å²) in [4.78, 5) is 22.2. The molecule has 4 rings (SSSR count). The van der Waals surface area contributed by atoms with Crippen LogP contribution in [-0.4, -0.2) is 42.3 Å². The number of aromatic amines is 1. The smallest absolute Gasteiger partial charge is 0.255 e. The number of likely N-dealkylation sites (tertiary alicyclic amines) is 1. The number of aromatic nitrogens is 2. The molecule has 2 heterocycles. The van der Waals surface area contributed by atoms with Gasteiger partial charge in [-0.15, -0.1) is 0 Å². The molecule has 7 nitrogen and oxygen atoms in total. The van der Waals surface area contributed by atoms with Gasteiger partial charge in [0.2, 0.25) is 0 Å². The second kappa shape index (κ2) is 9.18. The molecule has 0 bridgehead atoms. The van der Waals surface area contributed by atoms with Crippen molar-refractivity contribution in [3.8, 4) is 0 Å². The van der Waals surface area contributed by atoms with Crippen molar-refractivity contribution in [1.82, 2.24) is 14.9 Å². The summed E-state index contributed by atoms with van der Waals surface area (Å²) in [7, 11) is -3.66. The van der Waals surface area contributed by atoms with Crippen molar-refractivity contribution in [2.45, 2.75) is 18.8 Å². The van der Waals surface area contributed by atoms with Crippen LogP contribution in [0.4, 0.5) is 5.69 Å². The highest BCUT2D eigenvalue weighted by Crippen LogP contribution is 2.25. The third-order valence-electron chi connectivity index (χ3n) is 5.25. The zero-order valence-electron chi connectivity index (χ0n) is 16.9. The van der Waals surface area contributed by atoms with Gasteiger partial charge in [0.1, 0.15) is 5.82 Å². The monoisotopic (exact) mass is 436 g/mol. The Morgan fingerprint density at radius 3 is 2.61 bits per heavy atom. The van der Waals surface area contributed by atoms with Crippen LogP contribution >= 0.6 is 0 Å². The molecule has 1 saturated heterocycles. The van der Waals surface area contributed by atoms with E-state index in [1.165, 1.54) is 6.08 Å². The normalized spacial score (nSPS) is 17.0. The Labute approximate surface area is 181 Å². The summed E-state index contributed by atoms with van der Waals surface area (Å²) in [6.45, 7) is 1.32. The standard InChI is InChI=1S/C23H24N4O3S/c28-23(27-15-4-7-20(17-27)22-24-13-14-25-22)19-8-10-21(11-9-19)26-31(29,30)16-12-18-5-2-1-3-6-18/h1-3,5-6,8-14,16,20,26H,4,7,15,17H2,(H,24,25)/b16-12+. The number of hydrogen-bond donors (Lipinski definition) is 2. The fourth-order valence-corrected chi connectivity index (χ4v) is 4.55. The van der Waals surface area contributed by atoms with E-state index in [9.17, 15) is 13.2 Å². The lowest BCUT2D eigenvalue weighted by atomic mass is 9.96. The first-order valence-corrected chi connectivity index (χ1v) is 11.7. The van der Waals surface area contributed by atoms with Gasteiger partial charge in [-0.05, 0) is 48.7 Å². The van der Waals surface area contributed by atoms with Crippen LogP contribution in [0.5, 0.6) is 0 Å². The van der Waals surface area contributed by atoms with Gasteiger partial charge < -0.3 is 9.88 Å². The number of amides is 1. The summed E-state index contributed by atoms with van der Waals surface area (Å²) in [5.74, 6) is 1.05. The molecule has 1 atom stereocenters. The van der Waals surface area contributed by atoms with Crippen LogP contribution < -0.4 is 4.72 Å². The van der Waals surface area contributed by atoms with Crippen LogP contribution in [-0.2, 0) is 10.0 Å². The van der Waals surface area contributed by atoms with Crippen molar-refractivity contribution in [1.29, 1.82) is 0 Å². The third-order valence-corrected chi connectivity index (χ3v) is 6.26. The summed E-state index contributed by atoms with van der Waals surface area (Å²) in [5.41, 5.74) is 1.73. The maximum absolute atomic E-state index is 12.9. The molecule has 0 saturated carbocycles. The Balaban J connectivity index is 1.39. The Kier molecular flexibility index (Phi) is 6.18. The van der Waals surface area contributed by atoms with E-state index >= 15 is 0 Å². The summed E-state index contributed by atoms with van der Waals surface area (Å²) in [6.07, 6.45) is 6.97. The molecule has 1 aliphatic heterocycles. The summed E-state index contributed by atoms with van der Waals surface area (Å²) in [5, 5.41) is 1.13. The molecule has 2 aromatic carbocycles. The van der Waals surface area contributed by atoms with Gasteiger partial charge in [-0.2, -0.15) is 0 Å². The highest BCUT2D eigenvalue weighted by Gasteiger charge is 2.26. The van der Waals surface area contributed by atoms with Gasteiger partial charge in [0, 0.05) is 42.7 Å². The van der Waals surface area contributed by atoms with Gasteiger partial charge in [0.25, 0.3) is 15.9 Å². The van der Waals surface area contributed by atoms with E-state index in [-0.39, 0.29) is 11.8 Å². The fourth-order valence-electron chi connectivity index (χ4n) is 3.68. The lowest BCUT2D eigenvalue weighted by Gasteiger charge is -2.32. The maximum Gasteiger partial charge on any atom is 0.255 e. The number of benzene rings is 2. The number of H-pyrrole nitrogens is 1. The van der Waals surface area contributed by atoms with Gasteiger partial charge in [0.05, 0.1) is 5.41 Å². The Hall–Kier alpha value is -3.39.